The number of hydrogen-bond acceptors (Lipinski definition) is 2. The van der Waals surface area contributed by atoms with Gasteiger partial charge >= 0.3 is 6.18 Å². The number of nitrogens with one attached hydrogen (secondary N) is 1. The van der Waals surface area contributed by atoms with Crippen LogP contribution in [0.5, 0.6) is 0 Å². The normalized spacial score (nSPS) is 18.3. The highest BCUT2D eigenvalue weighted by atomic mass is 35.5. The number of rotatable bonds is 3. The van der Waals surface area contributed by atoms with Crippen LogP contribution < -0.4 is 5.32 Å². The molecule has 0 amide bonds. The molecule has 0 atom stereocenters. The van der Waals surface area contributed by atoms with E-state index in [1.807, 2.05) is 6.92 Å². The summed E-state index contributed by atoms with van der Waals surface area (Å²) in [4.78, 5) is 3.80. The molecule has 0 aliphatic heterocycles. The molecule has 100 valence electrons. The molecule has 1 aromatic rings. The lowest BCUT2D eigenvalue weighted by atomic mass is 9.75. The van der Waals surface area contributed by atoms with E-state index in [2.05, 4.69) is 10.3 Å². The Kier molecular flexibility index (Phi) is 3.45. The van der Waals surface area contributed by atoms with Gasteiger partial charge in [0.2, 0.25) is 0 Å². The third kappa shape index (κ3) is 2.55. The van der Waals surface area contributed by atoms with Crippen molar-refractivity contribution in [2.45, 2.75) is 44.3 Å². The maximum atomic E-state index is 12.5. The molecule has 2 nitrogen and oxygen atoms in total. The smallest absolute Gasteiger partial charge is 0.363 e. The summed E-state index contributed by atoms with van der Waals surface area (Å²) in [5.41, 5.74) is -0.867. The van der Waals surface area contributed by atoms with Crippen molar-refractivity contribution in [2.75, 3.05) is 5.32 Å². The van der Waals surface area contributed by atoms with Crippen molar-refractivity contribution in [1.29, 1.82) is 0 Å². The van der Waals surface area contributed by atoms with E-state index in [1.54, 1.807) is 0 Å². The molecule has 0 saturated heterocycles. The van der Waals surface area contributed by atoms with Gasteiger partial charge in [0.25, 0.3) is 0 Å². The molecule has 1 aliphatic rings. The van der Waals surface area contributed by atoms with Gasteiger partial charge in [0.15, 0.2) is 0 Å². The highest BCUT2D eigenvalue weighted by Crippen LogP contribution is 2.39. The molecule has 1 aromatic heterocycles. The first-order chi connectivity index (χ1) is 8.36. The fraction of sp³-hybridized carbons (Fsp3) is 0.583. The van der Waals surface area contributed by atoms with Crippen LogP contribution in [-0.4, -0.2) is 10.5 Å². The van der Waals surface area contributed by atoms with Gasteiger partial charge in [-0.1, -0.05) is 18.5 Å². The summed E-state index contributed by atoms with van der Waals surface area (Å²) in [5, 5.41) is 3.20. The highest BCUT2D eigenvalue weighted by Gasteiger charge is 2.36. The molecule has 0 radical (unpaired) electrons. The molecule has 1 aliphatic carbocycles. The molecule has 1 fully saturated rings. The first kappa shape index (κ1) is 13.5. The minimum absolute atomic E-state index is 0.0181. The van der Waals surface area contributed by atoms with Gasteiger partial charge in [0.1, 0.15) is 5.82 Å². The van der Waals surface area contributed by atoms with Crippen LogP contribution in [0.3, 0.4) is 0 Å². The molecule has 1 heterocycles. The van der Waals surface area contributed by atoms with Crippen LogP contribution >= 0.6 is 11.6 Å². The van der Waals surface area contributed by atoms with Gasteiger partial charge in [-0.25, -0.2) is 4.98 Å². The summed E-state index contributed by atoms with van der Waals surface area (Å²) in [7, 11) is 0. The Hall–Kier alpha value is -0.970. The van der Waals surface area contributed by atoms with Crippen molar-refractivity contribution in [2.24, 2.45) is 0 Å². The average molecular weight is 279 g/mol. The summed E-state index contributed by atoms with van der Waals surface area (Å²) in [5.74, 6) is 0.339. The van der Waals surface area contributed by atoms with Crippen molar-refractivity contribution in [3.63, 3.8) is 0 Å². The fourth-order valence-electron chi connectivity index (χ4n) is 2.11. The number of pyridine rings is 1. The van der Waals surface area contributed by atoms with Crippen molar-refractivity contribution in [3.05, 3.63) is 22.8 Å². The maximum Gasteiger partial charge on any atom is 0.417 e. The van der Waals surface area contributed by atoms with Gasteiger partial charge < -0.3 is 5.32 Å². The van der Waals surface area contributed by atoms with E-state index >= 15 is 0 Å². The Morgan fingerprint density at radius 2 is 2.11 bits per heavy atom. The van der Waals surface area contributed by atoms with E-state index in [0.29, 0.717) is 5.82 Å². The summed E-state index contributed by atoms with van der Waals surface area (Å²) < 4.78 is 37.4. The zero-order chi connectivity index (χ0) is 13.4. The third-order valence-corrected chi connectivity index (χ3v) is 3.83. The average Bonchev–Trinajstić information content (AvgIpc) is 2.24. The van der Waals surface area contributed by atoms with Crippen LogP contribution in [0.1, 0.15) is 38.2 Å². The topological polar surface area (TPSA) is 24.9 Å². The zero-order valence-corrected chi connectivity index (χ0v) is 10.7. The van der Waals surface area contributed by atoms with E-state index in [0.717, 1.165) is 37.9 Å². The van der Waals surface area contributed by atoms with Crippen molar-refractivity contribution >= 4 is 17.4 Å². The second kappa shape index (κ2) is 4.61. The van der Waals surface area contributed by atoms with Gasteiger partial charge in [0.05, 0.1) is 10.6 Å². The number of alkyl halides is 3. The largest absolute Gasteiger partial charge is 0.417 e. The van der Waals surface area contributed by atoms with Crippen LogP contribution in [0.25, 0.3) is 0 Å². The van der Waals surface area contributed by atoms with Gasteiger partial charge in [0, 0.05) is 11.7 Å². The third-order valence-electron chi connectivity index (χ3n) is 3.54. The molecule has 6 heteroatoms. The van der Waals surface area contributed by atoms with Crippen molar-refractivity contribution in [1.82, 2.24) is 4.98 Å². The molecule has 18 heavy (non-hydrogen) atoms. The SMILES string of the molecule is CCC1(Nc2ncc(C(F)(F)F)cc2Cl)CCC1. The van der Waals surface area contributed by atoms with Gasteiger partial charge in [-0.3, -0.25) is 0 Å². The van der Waals surface area contributed by atoms with E-state index in [1.165, 1.54) is 0 Å². The van der Waals surface area contributed by atoms with Crippen LogP contribution in [0.15, 0.2) is 12.3 Å². The van der Waals surface area contributed by atoms with Crippen LogP contribution in [0, 0.1) is 0 Å². The van der Waals surface area contributed by atoms with E-state index in [4.69, 9.17) is 11.6 Å². The molecule has 0 spiro atoms. The summed E-state index contributed by atoms with van der Waals surface area (Å²) >= 11 is 5.85. The lowest BCUT2D eigenvalue weighted by Crippen LogP contribution is -2.44. The molecular formula is C12H14ClF3N2. The number of hydrogen-bond donors (Lipinski definition) is 1. The Balaban J connectivity index is 2.20. The van der Waals surface area contributed by atoms with Gasteiger partial charge in [-0.05, 0) is 31.7 Å². The maximum absolute atomic E-state index is 12.5. The van der Waals surface area contributed by atoms with Crippen molar-refractivity contribution < 1.29 is 13.2 Å². The number of aromatic nitrogens is 1. The lowest BCUT2D eigenvalue weighted by molar-refractivity contribution is -0.137. The molecule has 0 aromatic carbocycles. The lowest BCUT2D eigenvalue weighted by Gasteiger charge is -2.42. The fourth-order valence-corrected chi connectivity index (χ4v) is 2.32. The summed E-state index contributed by atoms with van der Waals surface area (Å²) in [6.07, 6.45) is 0.445. The summed E-state index contributed by atoms with van der Waals surface area (Å²) in [6.45, 7) is 2.05. The first-order valence-corrected chi connectivity index (χ1v) is 6.25. The molecular weight excluding hydrogens is 265 g/mol. The first-order valence-electron chi connectivity index (χ1n) is 5.87. The zero-order valence-electron chi connectivity index (χ0n) is 9.94. The molecule has 2 rings (SSSR count). The van der Waals surface area contributed by atoms with Crippen LogP contribution in [-0.2, 0) is 6.18 Å². The second-order valence-electron chi connectivity index (χ2n) is 4.66. The quantitative estimate of drug-likeness (QED) is 0.880. The van der Waals surface area contributed by atoms with Crippen molar-refractivity contribution in [3.8, 4) is 0 Å². The van der Waals surface area contributed by atoms with Gasteiger partial charge in [-0.15, -0.1) is 0 Å². The van der Waals surface area contributed by atoms with Gasteiger partial charge in [-0.2, -0.15) is 13.2 Å². The molecule has 0 unspecified atom stereocenters. The number of anilines is 1. The monoisotopic (exact) mass is 278 g/mol. The second-order valence-corrected chi connectivity index (χ2v) is 5.07. The minimum atomic E-state index is -4.41. The number of halogens is 4. The predicted molar refractivity (Wildman–Crippen MR) is 64.7 cm³/mol. The Bertz CT molecular complexity index is 436. The standard InChI is InChI=1S/C12H14ClF3N2/c1-2-11(4-3-5-11)18-10-9(13)6-8(7-17-10)12(14,15)16/h6-7H,2-5H2,1H3,(H,17,18). The van der Waals surface area contributed by atoms with Crippen LogP contribution in [0.2, 0.25) is 5.02 Å². The van der Waals surface area contributed by atoms with E-state index < -0.39 is 11.7 Å². The van der Waals surface area contributed by atoms with E-state index in [9.17, 15) is 13.2 Å². The molecule has 0 bridgehead atoms. The Labute approximate surface area is 109 Å². The Morgan fingerprint density at radius 3 is 2.50 bits per heavy atom. The number of nitrogens with zero attached hydrogens (tertiary/aromatic N) is 1. The molecule has 1 saturated carbocycles. The van der Waals surface area contributed by atoms with Crippen LogP contribution in [0.4, 0.5) is 19.0 Å². The molecule has 1 N–H and O–H groups in total. The highest BCUT2D eigenvalue weighted by molar-refractivity contribution is 6.33. The Morgan fingerprint density at radius 1 is 1.44 bits per heavy atom. The van der Waals surface area contributed by atoms with E-state index in [-0.39, 0.29) is 10.6 Å². The minimum Gasteiger partial charge on any atom is -0.363 e. The summed E-state index contributed by atoms with van der Waals surface area (Å²) in [6, 6.07) is 0.916. The predicted octanol–water partition coefficient (Wildman–Crippen LogP) is 4.50.